The van der Waals surface area contributed by atoms with E-state index in [1.54, 1.807) is 16.0 Å². The summed E-state index contributed by atoms with van der Waals surface area (Å²) in [6, 6.07) is 14.9. The van der Waals surface area contributed by atoms with Crippen LogP contribution in [0.2, 0.25) is 0 Å². The molecule has 9 heteroatoms. The van der Waals surface area contributed by atoms with Gasteiger partial charge in [0.1, 0.15) is 18.2 Å². The molecule has 176 valence electrons. The average Bonchev–Trinajstić information content (AvgIpc) is 2.84. The Balaban J connectivity index is 1.83. The van der Waals surface area contributed by atoms with Gasteiger partial charge in [-0.25, -0.2) is 4.39 Å². The number of fused-ring (bicyclic) bond motifs is 5. The Morgan fingerprint density at radius 3 is 2.62 bits per heavy atom. The van der Waals surface area contributed by atoms with Crippen LogP contribution in [0.25, 0.3) is 0 Å². The van der Waals surface area contributed by atoms with E-state index in [1.807, 2.05) is 30.3 Å². The lowest BCUT2D eigenvalue weighted by molar-refractivity contribution is 0.0669. The summed E-state index contributed by atoms with van der Waals surface area (Å²) in [6.07, 6.45) is 3.69. The summed E-state index contributed by atoms with van der Waals surface area (Å²) in [5.41, 5.74) is 0.542. The number of nitrogens with zero attached hydrogens (tertiary/aromatic N) is 3. The average molecular weight is 482 g/mol. The molecule has 3 heterocycles. The van der Waals surface area contributed by atoms with E-state index in [0.29, 0.717) is 30.9 Å². The Labute approximate surface area is 201 Å². The molecule has 0 unspecified atom stereocenters. The first-order valence-electron chi connectivity index (χ1n) is 11.1. The summed E-state index contributed by atoms with van der Waals surface area (Å²) < 4.78 is 21.8. The van der Waals surface area contributed by atoms with Crippen molar-refractivity contribution in [3.63, 3.8) is 0 Å². The quantitative estimate of drug-likeness (QED) is 0.521. The first kappa shape index (κ1) is 22.3. The molecule has 0 spiro atoms. The number of hydrogen-bond acceptors (Lipinski definition) is 6. The van der Waals surface area contributed by atoms with Gasteiger partial charge >= 0.3 is 0 Å². The number of carbonyl (C=O) groups is 1. The number of carbonyl (C=O) groups excluding carboxylic acids is 1. The van der Waals surface area contributed by atoms with E-state index in [-0.39, 0.29) is 12.4 Å². The van der Waals surface area contributed by atoms with Crippen LogP contribution >= 0.6 is 12.6 Å². The number of halogens is 1. The van der Waals surface area contributed by atoms with Crippen molar-refractivity contribution in [1.29, 1.82) is 0 Å². The molecule has 0 saturated carbocycles. The monoisotopic (exact) mass is 481 g/mol. The third-order valence-electron chi connectivity index (χ3n) is 6.31. The second-order valence-corrected chi connectivity index (χ2v) is 9.07. The zero-order valence-electron chi connectivity index (χ0n) is 18.4. The lowest BCUT2D eigenvalue weighted by atomic mass is 9.95. The molecular formula is C25H24FN3O4S. The maximum absolute atomic E-state index is 14.3. The molecule has 0 saturated heterocycles. The predicted octanol–water partition coefficient (Wildman–Crippen LogP) is 3.44. The molecule has 0 fully saturated rings. The van der Waals surface area contributed by atoms with Crippen molar-refractivity contribution in [2.24, 2.45) is 0 Å². The zero-order chi connectivity index (χ0) is 23.9. The number of benzene rings is 2. The Morgan fingerprint density at radius 2 is 1.82 bits per heavy atom. The first-order valence-corrected chi connectivity index (χ1v) is 11.6. The summed E-state index contributed by atoms with van der Waals surface area (Å²) in [4.78, 5) is 26.0. The van der Waals surface area contributed by atoms with Crippen LogP contribution in [-0.2, 0) is 4.87 Å². The molecule has 2 bridgehead atoms. The minimum absolute atomic E-state index is 0.128. The molecular weight excluding hydrogens is 457 g/mol. The smallest absolute Gasteiger partial charge is 0.277 e. The van der Waals surface area contributed by atoms with Gasteiger partial charge in [-0.3, -0.25) is 19.3 Å². The standard InChI is InChI=1S/C25H24FN3O4S/c26-18-9-10-19-21(15-18)33-14-6-2-5-12-27-16-29(25(19,34)17-7-3-1-4-8-17)28-13-11-20(30)23(31)22(28)24(27)32/h1,3-4,7-11,13,15,31,34H,2,5-6,12,14,16H2/t25-/m0/s1. The normalized spacial score (nSPS) is 20.5. The predicted molar refractivity (Wildman–Crippen MR) is 128 cm³/mol. The maximum atomic E-state index is 14.3. The highest BCUT2D eigenvalue weighted by molar-refractivity contribution is 7.81. The number of amides is 1. The largest absolute Gasteiger partial charge is 0.502 e. The molecule has 1 N–H and O–H groups in total. The second-order valence-electron chi connectivity index (χ2n) is 8.42. The van der Waals surface area contributed by atoms with E-state index in [9.17, 15) is 19.1 Å². The highest BCUT2D eigenvalue weighted by Crippen LogP contribution is 2.45. The molecule has 5 rings (SSSR count). The summed E-state index contributed by atoms with van der Waals surface area (Å²) in [5.74, 6) is -1.14. The molecule has 1 amide bonds. The van der Waals surface area contributed by atoms with Crippen molar-refractivity contribution >= 4 is 18.5 Å². The fraction of sp³-hybridized carbons (Fsp3) is 0.280. The molecule has 7 nitrogen and oxygen atoms in total. The van der Waals surface area contributed by atoms with Gasteiger partial charge in [0.15, 0.2) is 16.3 Å². The fourth-order valence-corrected chi connectivity index (χ4v) is 5.07. The van der Waals surface area contributed by atoms with Crippen LogP contribution in [0.4, 0.5) is 4.39 Å². The molecule has 2 aromatic carbocycles. The maximum Gasteiger partial charge on any atom is 0.277 e. The van der Waals surface area contributed by atoms with Crippen LogP contribution in [0.15, 0.2) is 65.6 Å². The van der Waals surface area contributed by atoms with Gasteiger partial charge in [-0.15, -0.1) is 12.6 Å². The summed E-state index contributed by atoms with van der Waals surface area (Å²) >= 11 is 5.18. The Morgan fingerprint density at radius 1 is 1.03 bits per heavy atom. The van der Waals surface area contributed by atoms with Crippen molar-refractivity contribution in [3.05, 3.63) is 93.7 Å². The van der Waals surface area contributed by atoms with Gasteiger partial charge in [0.2, 0.25) is 5.43 Å². The van der Waals surface area contributed by atoms with Crippen LogP contribution in [0.1, 0.15) is 40.9 Å². The van der Waals surface area contributed by atoms with Crippen LogP contribution in [0.5, 0.6) is 11.5 Å². The summed E-state index contributed by atoms with van der Waals surface area (Å²) in [6.45, 7) is 0.962. The van der Waals surface area contributed by atoms with E-state index in [1.165, 1.54) is 29.1 Å². The topological polar surface area (TPSA) is 75.0 Å². The van der Waals surface area contributed by atoms with Crippen molar-refractivity contribution in [1.82, 2.24) is 9.58 Å². The molecule has 34 heavy (non-hydrogen) atoms. The fourth-order valence-electron chi connectivity index (χ4n) is 4.57. The van der Waals surface area contributed by atoms with Crippen molar-refractivity contribution in [2.45, 2.75) is 24.1 Å². The van der Waals surface area contributed by atoms with Gasteiger partial charge in [0.25, 0.3) is 5.91 Å². The van der Waals surface area contributed by atoms with Gasteiger partial charge in [0.05, 0.1) is 6.61 Å². The Hall–Kier alpha value is -3.46. The van der Waals surface area contributed by atoms with Gasteiger partial charge < -0.3 is 14.7 Å². The number of pyridine rings is 1. The Kier molecular flexibility index (Phi) is 5.73. The molecule has 2 aliphatic heterocycles. The molecule has 3 aromatic rings. The number of aromatic nitrogens is 1. The van der Waals surface area contributed by atoms with E-state index in [0.717, 1.165) is 18.4 Å². The molecule has 0 aliphatic carbocycles. The van der Waals surface area contributed by atoms with E-state index < -0.39 is 27.8 Å². The molecule has 0 radical (unpaired) electrons. The molecule has 1 aromatic heterocycles. The van der Waals surface area contributed by atoms with Crippen molar-refractivity contribution < 1.29 is 19.0 Å². The summed E-state index contributed by atoms with van der Waals surface area (Å²) in [7, 11) is 0. The number of hydrogen-bond donors (Lipinski definition) is 2. The van der Waals surface area contributed by atoms with Crippen molar-refractivity contribution in [3.8, 4) is 11.5 Å². The number of aromatic hydroxyl groups is 1. The second kappa shape index (κ2) is 8.72. The highest BCUT2D eigenvalue weighted by Gasteiger charge is 2.45. The molecule has 2 aliphatic rings. The third kappa shape index (κ3) is 3.60. The zero-order valence-corrected chi connectivity index (χ0v) is 19.2. The van der Waals surface area contributed by atoms with Crippen LogP contribution in [-0.4, -0.2) is 40.4 Å². The lowest BCUT2D eigenvalue weighted by Gasteiger charge is -2.49. The van der Waals surface area contributed by atoms with Gasteiger partial charge in [-0.05, 0) is 37.0 Å². The van der Waals surface area contributed by atoms with Crippen LogP contribution < -0.4 is 15.2 Å². The molecule has 1 atom stereocenters. The van der Waals surface area contributed by atoms with E-state index in [4.69, 9.17) is 17.4 Å². The number of thiol groups is 1. The van der Waals surface area contributed by atoms with Gasteiger partial charge in [-0.1, -0.05) is 30.3 Å². The van der Waals surface area contributed by atoms with Crippen LogP contribution in [0.3, 0.4) is 0 Å². The van der Waals surface area contributed by atoms with Gasteiger partial charge in [-0.2, -0.15) is 0 Å². The van der Waals surface area contributed by atoms with Crippen LogP contribution in [0, 0.1) is 5.82 Å². The van der Waals surface area contributed by atoms with Crippen molar-refractivity contribution in [2.75, 3.05) is 24.8 Å². The SMILES string of the molecule is O=C1c2c(O)c(=O)ccn2N2CN1CCCCCOc1cc(F)ccc1[C@@]2(S)c1ccccc1. The van der Waals surface area contributed by atoms with E-state index in [2.05, 4.69) is 0 Å². The first-order chi connectivity index (χ1) is 16.4. The highest BCUT2D eigenvalue weighted by atomic mass is 32.1. The minimum atomic E-state index is -1.25. The number of rotatable bonds is 1. The Bertz CT molecular complexity index is 1300. The lowest BCUT2D eigenvalue weighted by Crippen LogP contribution is -2.61. The number of ether oxygens (including phenoxy) is 1. The minimum Gasteiger partial charge on any atom is -0.502 e. The van der Waals surface area contributed by atoms with E-state index >= 15 is 0 Å². The summed E-state index contributed by atoms with van der Waals surface area (Å²) in [5, 5.41) is 12.4. The van der Waals surface area contributed by atoms with Gasteiger partial charge in [0, 0.05) is 30.4 Å². The third-order valence-corrected chi connectivity index (χ3v) is 7.04.